The highest BCUT2D eigenvalue weighted by Gasteiger charge is 2.21. The molecular formula is C16H16FN5O2. The number of nitrogens with zero attached hydrogens (tertiary/aromatic N) is 3. The third kappa shape index (κ3) is 3.43. The highest BCUT2D eigenvalue weighted by atomic mass is 19.1. The van der Waals surface area contributed by atoms with Gasteiger partial charge in [0.2, 0.25) is 0 Å². The van der Waals surface area contributed by atoms with E-state index in [1.807, 2.05) is 7.05 Å². The summed E-state index contributed by atoms with van der Waals surface area (Å²) < 4.78 is 19.9. The molecule has 0 radical (unpaired) electrons. The molecule has 0 saturated carbocycles. The van der Waals surface area contributed by atoms with Gasteiger partial charge in [-0.3, -0.25) is 5.32 Å². The summed E-state index contributed by atoms with van der Waals surface area (Å²) in [6, 6.07) is 6.48. The summed E-state index contributed by atoms with van der Waals surface area (Å²) in [5.74, 6) is 1.17. The topological polar surface area (TPSA) is 85.0 Å². The van der Waals surface area contributed by atoms with Gasteiger partial charge in [0.1, 0.15) is 23.4 Å². The number of carbonyl (C=O) groups excluding carboxylic acids is 1. The molecule has 2 aromatic heterocycles. The maximum Gasteiger partial charge on any atom is 0.321 e. The van der Waals surface area contributed by atoms with Crippen molar-refractivity contribution in [2.45, 2.75) is 13.0 Å². The molecule has 2 heterocycles. The second kappa shape index (κ2) is 6.53. The molecule has 8 heteroatoms. The van der Waals surface area contributed by atoms with Crippen molar-refractivity contribution < 1.29 is 13.7 Å². The van der Waals surface area contributed by atoms with Gasteiger partial charge in [-0.1, -0.05) is 17.3 Å². The number of anilines is 1. The summed E-state index contributed by atoms with van der Waals surface area (Å²) in [5.41, 5.74) is 0.706. The third-order valence-corrected chi connectivity index (χ3v) is 3.46. The number of aryl methyl sites for hydroxylation is 2. The molecule has 24 heavy (non-hydrogen) atoms. The average molecular weight is 329 g/mol. The first kappa shape index (κ1) is 15.7. The molecule has 0 spiro atoms. The minimum Gasteiger partial charge on any atom is -0.360 e. The quantitative estimate of drug-likeness (QED) is 0.771. The van der Waals surface area contributed by atoms with Crippen LogP contribution in [0.5, 0.6) is 0 Å². The van der Waals surface area contributed by atoms with Gasteiger partial charge in [0, 0.05) is 25.5 Å². The fourth-order valence-corrected chi connectivity index (χ4v) is 2.32. The lowest BCUT2D eigenvalue weighted by atomic mass is 10.1. The zero-order valence-corrected chi connectivity index (χ0v) is 13.2. The van der Waals surface area contributed by atoms with Crippen LogP contribution < -0.4 is 10.6 Å². The van der Waals surface area contributed by atoms with Crippen LogP contribution in [-0.4, -0.2) is 20.7 Å². The summed E-state index contributed by atoms with van der Waals surface area (Å²) in [7, 11) is 1.82. The highest BCUT2D eigenvalue weighted by molar-refractivity contribution is 5.88. The Morgan fingerprint density at radius 3 is 2.67 bits per heavy atom. The Labute approximate surface area is 137 Å². The Balaban J connectivity index is 1.83. The van der Waals surface area contributed by atoms with E-state index in [4.69, 9.17) is 4.52 Å². The molecule has 7 nitrogen and oxygen atoms in total. The van der Waals surface area contributed by atoms with Gasteiger partial charge in [0.05, 0.1) is 0 Å². The van der Waals surface area contributed by atoms with Crippen LogP contribution in [0.4, 0.5) is 15.0 Å². The Kier molecular flexibility index (Phi) is 4.28. The SMILES string of the molecule is Cc1cc(NC(=O)N[C@H](c2ccc(F)cc2)c2nccn2C)no1. The van der Waals surface area contributed by atoms with Crippen LogP contribution in [0.15, 0.2) is 47.2 Å². The van der Waals surface area contributed by atoms with Crippen molar-refractivity contribution in [2.24, 2.45) is 7.05 Å². The van der Waals surface area contributed by atoms with Crippen LogP contribution in [0.1, 0.15) is 23.2 Å². The number of imidazole rings is 1. The monoisotopic (exact) mass is 329 g/mol. The molecule has 3 aromatic rings. The van der Waals surface area contributed by atoms with E-state index in [-0.39, 0.29) is 5.82 Å². The Bertz CT molecular complexity index is 840. The van der Waals surface area contributed by atoms with E-state index in [1.54, 1.807) is 42.1 Å². The molecule has 2 N–H and O–H groups in total. The number of aromatic nitrogens is 3. The van der Waals surface area contributed by atoms with Gasteiger partial charge >= 0.3 is 6.03 Å². The number of carbonyl (C=O) groups is 1. The lowest BCUT2D eigenvalue weighted by Crippen LogP contribution is -2.34. The van der Waals surface area contributed by atoms with E-state index in [0.29, 0.717) is 23.0 Å². The fourth-order valence-electron chi connectivity index (χ4n) is 2.32. The number of benzene rings is 1. The molecule has 0 bridgehead atoms. The first-order valence-corrected chi connectivity index (χ1v) is 7.26. The Hall–Kier alpha value is -3.16. The van der Waals surface area contributed by atoms with E-state index in [1.165, 1.54) is 12.1 Å². The van der Waals surface area contributed by atoms with Crippen molar-refractivity contribution in [3.05, 3.63) is 65.7 Å². The second-order valence-electron chi connectivity index (χ2n) is 5.30. The smallest absolute Gasteiger partial charge is 0.321 e. The minimum atomic E-state index is -0.543. The standard InChI is InChI=1S/C16H16FN5O2/c1-10-9-13(21-24-10)19-16(23)20-14(15-18-7-8-22(15)2)11-3-5-12(17)6-4-11/h3-9,14H,1-2H3,(H2,19,20,21,23)/t14-/m1/s1. The van der Waals surface area contributed by atoms with Crippen LogP contribution in [0, 0.1) is 12.7 Å². The largest absolute Gasteiger partial charge is 0.360 e. The average Bonchev–Trinajstić information content (AvgIpc) is 3.14. The van der Waals surface area contributed by atoms with Crippen molar-refractivity contribution in [2.75, 3.05) is 5.32 Å². The molecular weight excluding hydrogens is 313 g/mol. The predicted octanol–water partition coefficient (Wildman–Crippen LogP) is 2.77. The first-order chi connectivity index (χ1) is 11.5. The number of nitrogens with one attached hydrogen (secondary N) is 2. The van der Waals surface area contributed by atoms with Crippen molar-refractivity contribution in [3.8, 4) is 0 Å². The number of hydrogen-bond acceptors (Lipinski definition) is 4. The lowest BCUT2D eigenvalue weighted by molar-refractivity contribution is 0.249. The molecule has 0 aliphatic heterocycles. The zero-order valence-electron chi connectivity index (χ0n) is 13.2. The summed E-state index contributed by atoms with van der Waals surface area (Å²) in [6.07, 6.45) is 3.40. The summed E-state index contributed by atoms with van der Waals surface area (Å²) >= 11 is 0. The summed E-state index contributed by atoms with van der Waals surface area (Å²) in [5, 5.41) is 9.12. The van der Waals surface area contributed by atoms with Crippen LogP contribution in [0.2, 0.25) is 0 Å². The van der Waals surface area contributed by atoms with Gasteiger partial charge in [0.15, 0.2) is 5.82 Å². The lowest BCUT2D eigenvalue weighted by Gasteiger charge is -2.19. The van der Waals surface area contributed by atoms with E-state index < -0.39 is 12.1 Å². The molecule has 1 atom stereocenters. The van der Waals surface area contributed by atoms with Gasteiger partial charge in [0.25, 0.3) is 0 Å². The maximum atomic E-state index is 13.2. The third-order valence-electron chi connectivity index (χ3n) is 3.46. The van der Waals surface area contributed by atoms with Gasteiger partial charge in [-0.2, -0.15) is 0 Å². The normalized spacial score (nSPS) is 12.0. The van der Waals surface area contributed by atoms with Crippen LogP contribution in [-0.2, 0) is 7.05 Å². The molecule has 124 valence electrons. The van der Waals surface area contributed by atoms with E-state index in [0.717, 1.165) is 0 Å². The van der Waals surface area contributed by atoms with Gasteiger partial charge in [-0.15, -0.1) is 0 Å². The van der Waals surface area contributed by atoms with E-state index in [9.17, 15) is 9.18 Å². The van der Waals surface area contributed by atoms with Crippen LogP contribution >= 0.6 is 0 Å². The number of urea groups is 1. The molecule has 0 saturated heterocycles. The molecule has 1 aromatic carbocycles. The highest BCUT2D eigenvalue weighted by Crippen LogP contribution is 2.21. The number of amides is 2. The van der Waals surface area contributed by atoms with Gasteiger partial charge < -0.3 is 14.4 Å². The Morgan fingerprint density at radius 2 is 2.08 bits per heavy atom. The summed E-state index contributed by atoms with van der Waals surface area (Å²) in [4.78, 5) is 16.5. The van der Waals surface area contributed by atoms with E-state index >= 15 is 0 Å². The zero-order chi connectivity index (χ0) is 17.1. The molecule has 0 unspecified atom stereocenters. The summed E-state index contributed by atoms with van der Waals surface area (Å²) in [6.45, 7) is 1.73. The molecule has 0 fully saturated rings. The van der Waals surface area contributed by atoms with Crippen LogP contribution in [0.3, 0.4) is 0 Å². The number of halogens is 1. The maximum absolute atomic E-state index is 13.2. The number of hydrogen-bond donors (Lipinski definition) is 2. The van der Waals surface area contributed by atoms with Crippen molar-refractivity contribution in [3.63, 3.8) is 0 Å². The van der Waals surface area contributed by atoms with Crippen LogP contribution in [0.25, 0.3) is 0 Å². The minimum absolute atomic E-state index is 0.308. The molecule has 0 aliphatic rings. The first-order valence-electron chi connectivity index (χ1n) is 7.26. The second-order valence-corrected chi connectivity index (χ2v) is 5.30. The molecule has 0 aliphatic carbocycles. The number of rotatable bonds is 4. The fraction of sp³-hybridized carbons (Fsp3) is 0.188. The predicted molar refractivity (Wildman–Crippen MR) is 84.8 cm³/mol. The van der Waals surface area contributed by atoms with Crippen molar-refractivity contribution >= 4 is 11.8 Å². The molecule has 3 rings (SSSR count). The van der Waals surface area contributed by atoms with Gasteiger partial charge in [-0.05, 0) is 24.6 Å². The van der Waals surface area contributed by atoms with Crippen molar-refractivity contribution in [1.29, 1.82) is 0 Å². The van der Waals surface area contributed by atoms with Crippen molar-refractivity contribution in [1.82, 2.24) is 20.0 Å². The Morgan fingerprint density at radius 1 is 1.33 bits per heavy atom. The molecule has 2 amide bonds. The van der Waals surface area contributed by atoms with Gasteiger partial charge in [-0.25, -0.2) is 14.2 Å². The van der Waals surface area contributed by atoms with E-state index in [2.05, 4.69) is 20.8 Å².